The van der Waals surface area contributed by atoms with Crippen molar-refractivity contribution < 1.29 is 9.47 Å². The highest BCUT2D eigenvalue weighted by molar-refractivity contribution is 14.0. The number of guanidine groups is 1. The van der Waals surface area contributed by atoms with Gasteiger partial charge in [0.2, 0.25) is 0 Å². The van der Waals surface area contributed by atoms with Gasteiger partial charge in [-0.2, -0.15) is 0 Å². The maximum atomic E-state index is 6.28. The monoisotopic (exact) mass is 459 g/mol. The Bertz CT molecular complexity index is 570. The van der Waals surface area contributed by atoms with Crippen LogP contribution in [0.4, 0.5) is 0 Å². The van der Waals surface area contributed by atoms with Gasteiger partial charge in [0.1, 0.15) is 0 Å². The Hall–Kier alpha value is -1.18. The summed E-state index contributed by atoms with van der Waals surface area (Å²) in [5, 5.41) is 6.78. The van der Waals surface area contributed by atoms with Crippen molar-refractivity contribution >= 4 is 29.9 Å². The molecule has 0 radical (unpaired) electrons. The van der Waals surface area contributed by atoms with Crippen LogP contribution in [0.5, 0.6) is 11.5 Å². The lowest BCUT2D eigenvalue weighted by atomic mass is 10.1. The Kier molecular flexibility index (Phi) is 8.12. The number of rotatable bonds is 7. The first-order valence-electron chi connectivity index (χ1n) is 9.07. The smallest absolute Gasteiger partial charge is 0.191 e. The van der Waals surface area contributed by atoms with E-state index in [0.29, 0.717) is 12.6 Å². The molecule has 3 rings (SSSR count). The van der Waals surface area contributed by atoms with Gasteiger partial charge in [0.25, 0.3) is 0 Å². The van der Waals surface area contributed by atoms with Crippen molar-refractivity contribution in [2.24, 2.45) is 10.9 Å². The predicted molar refractivity (Wildman–Crippen MR) is 112 cm³/mol. The molecule has 5 nitrogen and oxygen atoms in total. The molecular weight excluding hydrogens is 429 g/mol. The van der Waals surface area contributed by atoms with Crippen molar-refractivity contribution in [3.05, 3.63) is 23.8 Å². The van der Waals surface area contributed by atoms with Gasteiger partial charge in [-0.15, -0.1) is 24.0 Å². The first kappa shape index (κ1) is 20.1. The van der Waals surface area contributed by atoms with Gasteiger partial charge < -0.3 is 20.1 Å². The fourth-order valence-corrected chi connectivity index (χ4v) is 3.13. The topological polar surface area (TPSA) is 54.9 Å². The summed E-state index contributed by atoms with van der Waals surface area (Å²) in [6.07, 6.45) is 7.76. The molecule has 6 heteroatoms. The van der Waals surface area contributed by atoms with Crippen LogP contribution in [0.2, 0.25) is 0 Å². The van der Waals surface area contributed by atoms with E-state index in [1.165, 1.54) is 25.7 Å². The van der Waals surface area contributed by atoms with E-state index >= 15 is 0 Å². The molecule has 0 aliphatic heterocycles. The van der Waals surface area contributed by atoms with Crippen LogP contribution >= 0.6 is 24.0 Å². The van der Waals surface area contributed by atoms with E-state index in [1.807, 2.05) is 19.2 Å². The van der Waals surface area contributed by atoms with Crippen LogP contribution in [0.3, 0.4) is 0 Å². The highest BCUT2D eigenvalue weighted by Crippen LogP contribution is 2.34. The molecule has 140 valence electrons. The van der Waals surface area contributed by atoms with Crippen LogP contribution in [-0.2, 0) is 6.54 Å². The number of hydrogen-bond acceptors (Lipinski definition) is 3. The molecule has 2 aliphatic rings. The third-order valence-electron chi connectivity index (χ3n) is 4.79. The lowest BCUT2D eigenvalue weighted by Gasteiger charge is -2.20. The van der Waals surface area contributed by atoms with Gasteiger partial charge in [0.15, 0.2) is 17.5 Å². The van der Waals surface area contributed by atoms with Crippen molar-refractivity contribution in [2.45, 2.75) is 51.2 Å². The van der Waals surface area contributed by atoms with E-state index in [4.69, 9.17) is 9.47 Å². The zero-order valence-electron chi connectivity index (χ0n) is 15.2. The van der Waals surface area contributed by atoms with Gasteiger partial charge in [-0.1, -0.05) is 12.1 Å². The molecule has 0 unspecified atom stereocenters. The van der Waals surface area contributed by atoms with E-state index < -0.39 is 0 Å². The molecule has 0 atom stereocenters. The Labute approximate surface area is 168 Å². The minimum absolute atomic E-state index is 0. The van der Waals surface area contributed by atoms with Gasteiger partial charge in [0.05, 0.1) is 13.2 Å². The molecule has 2 saturated carbocycles. The quantitative estimate of drug-likeness (QED) is 0.371. The molecule has 0 spiro atoms. The van der Waals surface area contributed by atoms with Crippen molar-refractivity contribution in [2.75, 3.05) is 20.7 Å². The molecule has 0 saturated heterocycles. The largest absolute Gasteiger partial charge is 0.493 e. The van der Waals surface area contributed by atoms with Crippen LogP contribution in [0.15, 0.2) is 23.2 Å². The minimum atomic E-state index is 0. The molecule has 1 aromatic carbocycles. The average molecular weight is 459 g/mol. The third-order valence-corrected chi connectivity index (χ3v) is 4.79. The second kappa shape index (κ2) is 10.1. The summed E-state index contributed by atoms with van der Waals surface area (Å²) in [4.78, 5) is 4.30. The van der Waals surface area contributed by atoms with Crippen LogP contribution in [-0.4, -0.2) is 32.8 Å². The number of halogens is 1. The number of nitrogens with zero attached hydrogens (tertiary/aromatic N) is 1. The average Bonchev–Trinajstić information content (AvgIpc) is 3.30. The summed E-state index contributed by atoms with van der Waals surface area (Å²) in [5.74, 6) is 3.34. The fraction of sp³-hybridized carbons (Fsp3) is 0.632. The van der Waals surface area contributed by atoms with Crippen LogP contribution in [0.25, 0.3) is 0 Å². The molecule has 0 heterocycles. The molecular formula is C19H30IN3O2. The lowest BCUT2D eigenvalue weighted by Crippen LogP contribution is -2.38. The number of ether oxygens (including phenoxy) is 2. The summed E-state index contributed by atoms with van der Waals surface area (Å²) >= 11 is 0. The van der Waals surface area contributed by atoms with Crippen molar-refractivity contribution in [1.82, 2.24) is 10.6 Å². The molecule has 0 aromatic heterocycles. The van der Waals surface area contributed by atoms with Gasteiger partial charge in [-0.05, 0) is 50.5 Å². The van der Waals surface area contributed by atoms with Gasteiger partial charge in [-0.3, -0.25) is 4.99 Å². The molecule has 2 aliphatic carbocycles. The summed E-state index contributed by atoms with van der Waals surface area (Å²) in [5.41, 5.74) is 1.11. The van der Waals surface area contributed by atoms with Crippen LogP contribution in [0, 0.1) is 5.92 Å². The second-order valence-electron chi connectivity index (χ2n) is 6.72. The fourth-order valence-electron chi connectivity index (χ4n) is 3.13. The summed E-state index contributed by atoms with van der Waals surface area (Å²) in [7, 11) is 3.51. The number of hydrogen-bond donors (Lipinski definition) is 2. The summed E-state index contributed by atoms with van der Waals surface area (Å²) in [6.45, 7) is 1.67. The summed E-state index contributed by atoms with van der Waals surface area (Å²) < 4.78 is 11.8. The number of methoxy groups -OCH3 is 1. The molecule has 1 aromatic rings. The van der Waals surface area contributed by atoms with E-state index in [9.17, 15) is 0 Å². The van der Waals surface area contributed by atoms with Crippen LogP contribution < -0.4 is 20.1 Å². The van der Waals surface area contributed by atoms with E-state index in [-0.39, 0.29) is 24.0 Å². The standard InChI is InChI=1S/C19H29N3O2.HI/c1-20-19(21-12-14-10-11-14)22-13-15-6-5-9-17(23-2)18(15)24-16-7-3-4-8-16;/h5-6,9,14,16H,3-4,7-8,10-13H2,1-2H3,(H2,20,21,22);1H. The number of aliphatic imine (C=N–C) groups is 1. The van der Waals surface area contributed by atoms with E-state index in [0.717, 1.165) is 48.3 Å². The van der Waals surface area contributed by atoms with Crippen molar-refractivity contribution in [3.63, 3.8) is 0 Å². The molecule has 2 N–H and O–H groups in total. The Morgan fingerprint density at radius 2 is 1.92 bits per heavy atom. The normalized spacial score (nSPS) is 17.8. The van der Waals surface area contributed by atoms with E-state index in [2.05, 4.69) is 21.7 Å². The van der Waals surface area contributed by atoms with Gasteiger partial charge >= 0.3 is 0 Å². The second-order valence-corrected chi connectivity index (χ2v) is 6.72. The molecule has 2 fully saturated rings. The molecule has 0 bridgehead atoms. The molecule has 25 heavy (non-hydrogen) atoms. The zero-order valence-corrected chi connectivity index (χ0v) is 17.5. The van der Waals surface area contributed by atoms with E-state index in [1.54, 1.807) is 7.11 Å². The predicted octanol–water partition coefficient (Wildman–Crippen LogP) is 3.71. The Morgan fingerprint density at radius 3 is 2.56 bits per heavy atom. The Morgan fingerprint density at radius 1 is 1.16 bits per heavy atom. The van der Waals surface area contributed by atoms with Crippen LogP contribution in [0.1, 0.15) is 44.1 Å². The first-order chi connectivity index (χ1) is 11.8. The first-order valence-corrected chi connectivity index (χ1v) is 9.07. The lowest BCUT2D eigenvalue weighted by molar-refractivity contribution is 0.198. The highest BCUT2D eigenvalue weighted by atomic mass is 127. The summed E-state index contributed by atoms with van der Waals surface area (Å²) in [6, 6.07) is 6.07. The maximum Gasteiger partial charge on any atom is 0.191 e. The SMILES string of the molecule is CN=C(NCc1cccc(OC)c1OC1CCCC1)NCC1CC1.I. The van der Waals surface area contributed by atoms with Gasteiger partial charge in [0, 0.05) is 25.7 Å². The minimum Gasteiger partial charge on any atom is -0.493 e. The van der Waals surface area contributed by atoms with Crippen molar-refractivity contribution in [3.8, 4) is 11.5 Å². The van der Waals surface area contributed by atoms with Crippen molar-refractivity contribution in [1.29, 1.82) is 0 Å². The zero-order chi connectivity index (χ0) is 16.8. The number of benzene rings is 1. The molecule has 0 amide bonds. The van der Waals surface area contributed by atoms with Gasteiger partial charge in [-0.25, -0.2) is 0 Å². The highest BCUT2D eigenvalue weighted by Gasteiger charge is 2.22. The number of para-hydroxylation sites is 1. The Balaban J connectivity index is 0.00000225. The maximum absolute atomic E-state index is 6.28. The third kappa shape index (κ3) is 5.94. The number of nitrogens with one attached hydrogen (secondary N) is 2.